The van der Waals surface area contributed by atoms with Gasteiger partial charge in [0.2, 0.25) is 5.91 Å². The van der Waals surface area contributed by atoms with Crippen LogP contribution in [0.1, 0.15) is 61.9 Å². The first-order chi connectivity index (χ1) is 12.6. The lowest BCUT2D eigenvalue weighted by molar-refractivity contribution is -0.145. The molecule has 3 heterocycles. The highest BCUT2D eigenvalue weighted by atomic mass is 32.1. The van der Waals surface area contributed by atoms with E-state index < -0.39 is 12.0 Å². The van der Waals surface area contributed by atoms with E-state index in [-0.39, 0.29) is 24.5 Å². The molecule has 1 saturated heterocycles. The van der Waals surface area contributed by atoms with E-state index in [2.05, 4.69) is 18.4 Å². The van der Waals surface area contributed by atoms with Gasteiger partial charge < -0.3 is 10.0 Å². The van der Waals surface area contributed by atoms with Crippen molar-refractivity contribution in [2.24, 2.45) is 5.92 Å². The number of hydrogen-bond acceptors (Lipinski definition) is 4. The minimum atomic E-state index is -0.766. The first kappa shape index (κ1) is 18.0. The Kier molecular flexibility index (Phi) is 5.06. The third-order valence-corrected chi connectivity index (χ3v) is 7.62. The van der Waals surface area contributed by atoms with Crippen LogP contribution in [0.5, 0.6) is 0 Å². The van der Waals surface area contributed by atoms with Crippen molar-refractivity contribution >= 4 is 23.2 Å². The number of fused-ring (bicyclic) bond motifs is 2. The van der Waals surface area contributed by atoms with Gasteiger partial charge in [-0.15, -0.1) is 11.3 Å². The number of nitrogens with zero attached hydrogens (tertiary/aromatic N) is 2. The zero-order valence-electron chi connectivity index (χ0n) is 15.4. The van der Waals surface area contributed by atoms with Crippen LogP contribution in [-0.4, -0.2) is 52.0 Å². The molecule has 1 N–H and O–H groups in total. The Morgan fingerprint density at radius 2 is 2.12 bits per heavy atom. The molecule has 1 saturated carbocycles. The monoisotopic (exact) mass is 376 g/mol. The van der Waals surface area contributed by atoms with E-state index >= 15 is 0 Å². The quantitative estimate of drug-likeness (QED) is 0.876. The van der Waals surface area contributed by atoms with Gasteiger partial charge in [-0.2, -0.15) is 0 Å². The van der Waals surface area contributed by atoms with E-state index in [1.807, 2.05) is 9.80 Å². The van der Waals surface area contributed by atoms with Crippen molar-refractivity contribution in [1.29, 1.82) is 0 Å². The van der Waals surface area contributed by atoms with Gasteiger partial charge in [-0.3, -0.25) is 14.5 Å². The molecule has 1 aromatic heterocycles. The Balaban J connectivity index is 1.52. The highest BCUT2D eigenvalue weighted by Crippen LogP contribution is 2.40. The summed E-state index contributed by atoms with van der Waals surface area (Å²) in [7, 11) is 0. The highest BCUT2D eigenvalue weighted by Gasteiger charge is 2.46. The fraction of sp³-hybridized carbons (Fsp3) is 0.700. The fourth-order valence-corrected chi connectivity index (χ4v) is 6.33. The number of carboxylic acids is 1. The third kappa shape index (κ3) is 3.07. The number of carbonyl (C=O) groups is 2. The number of thiophene rings is 1. The maximum Gasteiger partial charge on any atom is 0.320 e. The summed E-state index contributed by atoms with van der Waals surface area (Å²) in [6.45, 7) is 3.14. The second kappa shape index (κ2) is 7.31. The average Bonchev–Trinajstić information content (AvgIpc) is 3.25. The molecule has 0 aromatic carbocycles. The van der Waals surface area contributed by atoms with Crippen molar-refractivity contribution in [3.05, 3.63) is 21.9 Å². The van der Waals surface area contributed by atoms with Crippen LogP contribution in [0.15, 0.2) is 11.4 Å². The van der Waals surface area contributed by atoms with Gasteiger partial charge in [-0.1, -0.05) is 19.8 Å². The number of hydrogen-bond donors (Lipinski definition) is 1. The summed E-state index contributed by atoms with van der Waals surface area (Å²) in [5.74, 6) is -0.214. The van der Waals surface area contributed by atoms with E-state index in [1.54, 1.807) is 11.3 Å². The predicted molar refractivity (Wildman–Crippen MR) is 101 cm³/mol. The van der Waals surface area contributed by atoms with E-state index in [0.717, 1.165) is 38.6 Å². The molecule has 5 nitrogen and oxygen atoms in total. The zero-order valence-corrected chi connectivity index (χ0v) is 16.2. The summed E-state index contributed by atoms with van der Waals surface area (Å²) in [6.07, 6.45) is 7.02. The third-order valence-electron chi connectivity index (χ3n) is 6.63. The Labute approximate surface area is 159 Å². The van der Waals surface area contributed by atoms with Crippen LogP contribution in [0.2, 0.25) is 0 Å². The molecular formula is C20H28N2O3S. The lowest BCUT2D eigenvalue weighted by Crippen LogP contribution is -2.50. The van der Waals surface area contributed by atoms with Gasteiger partial charge in [0.1, 0.15) is 6.04 Å². The number of rotatable bonds is 4. The summed E-state index contributed by atoms with van der Waals surface area (Å²) >= 11 is 1.78. The Morgan fingerprint density at radius 1 is 1.31 bits per heavy atom. The topological polar surface area (TPSA) is 60.9 Å². The van der Waals surface area contributed by atoms with Crippen molar-refractivity contribution < 1.29 is 14.7 Å². The first-order valence-electron chi connectivity index (χ1n) is 9.94. The molecule has 26 heavy (non-hydrogen) atoms. The van der Waals surface area contributed by atoms with Gasteiger partial charge in [-0.05, 0) is 55.0 Å². The lowest BCUT2D eigenvalue weighted by Gasteiger charge is -2.38. The molecule has 1 amide bonds. The normalized spacial score (nSPS) is 31.5. The molecule has 1 aromatic rings. The summed E-state index contributed by atoms with van der Waals surface area (Å²) in [5, 5.41) is 11.8. The van der Waals surface area contributed by atoms with Crippen LogP contribution in [-0.2, 0) is 16.0 Å². The minimum Gasteiger partial charge on any atom is -0.480 e. The Hall–Kier alpha value is -1.40. The van der Waals surface area contributed by atoms with E-state index in [1.165, 1.54) is 16.9 Å². The van der Waals surface area contributed by atoms with Crippen LogP contribution in [0.25, 0.3) is 0 Å². The average molecular weight is 377 g/mol. The minimum absolute atomic E-state index is 0.103. The van der Waals surface area contributed by atoms with Crippen LogP contribution in [0.3, 0.4) is 0 Å². The molecule has 1 aliphatic carbocycles. The molecule has 4 unspecified atom stereocenters. The maximum atomic E-state index is 13.2. The molecule has 4 atom stereocenters. The Bertz CT molecular complexity index is 688. The van der Waals surface area contributed by atoms with E-state index in [0.29, 0.717) is 12.3 Å². The standard InChI is InChI=1S/C20H28N2O3S/c1-2-15-14-8-10-26-18(14)7-9-21(15)19(23)12-22-16-6-4-3-5-13(16)11-17(22)20(24)25/h8,10,13,15-17H,2-7,9,11-12H2,1H3,(H,24,25). The van der Waals surface area contributed by atoms with E-state index in [9.17, 15) is 14.7 Å². The fourth-order valence-electron chi connectivity index (χ4n) is 5.41. The van der Waals surface area contributed by atoms with Crippen molar-refractivity contribution in [3.63, 3.8) is 0 Å². The molecule has 3 aliphatic rings. The van der Waals surface area contributed by atoms with Crippen molar-refractivity contribution in [3.8, 4) is 0 Å². The molecule has 142 valence electrons. The predicted octanol–water partition coefficient (Wildman–Crippen LogP) is 3.30. The SMILES string of the molecule is CCC1c2ccsc2CCN1C(=O)CN1C(C(=O)O)CC2CCCCC21. The number of likely N-dealkylation sites (tertiary alicyclic amines) is 1. The van der Waals surface area contributed by atoms with Crippen LogP contribution in [0.4, 0.5) is 0 Å². The first-order valence-corrected chi connectivity index (χ1v) is 10.8. The number of carbonyl (C=O) groups excluding carboxylic acids is 1. The molecule has 0 radical (unpaired) electrons. The Morgan fingerprint density at radius 3 is 2.88 bits per heavy atom. The van der Waals surface area contributed by atoms with Crippen molar-refractivity contribution in [2.45, 2.75) is 70.0 Å². The van der Waals surface area contributed by atoms with Gasteiger partial charge in [0.05, 0.1) is 12.6 Å². The maximum absolute atomic E-state index is 13.2. The molecule has 4 rings (SSSR count). The second-order valence-electron chi connectivity index (χ2n) is 7.93. The molecule has 0 spiro atoms. The van der Waals surface area contributed by atoms with Gasteiger partial charge in [0.15, 0.2) is 0 Å². The van der Waals surface area contributed by atoms with Gasteiger partial charge in [0.25, 0.3) is 0 Å². The van der Waals surface area contributed by atoms with Gasteiger partial charge in [-0.25, -0.2) is 0 Å². The molecule has 0 bridgehead atoms. The van der Waals surface area contributed by atoms with Gasteiger partial charge in [0, 0.05) is 17.5 Å². The summed E-state index contributed by atoms with van der Waals surface area (Å²) in [5.41, 5.74) is 1.30. The van der Waals surface area contributed by atoms with Crippen LogP contribution in [0, 0.1) is 5.92 Å². The summed E-state index contributed by atoms with van der Waals surface area (Å²) in [4.78, 5) is 30.4. The smallest absolute Gasteiger partial charge is 0.320 e. The van der Waals surface area contributed by atoms with Crippen molar-refractivity contribution in [1.82, 2.24) is 9.80 Å². The molecule has 6 heteroatoms. The van der Waals surface area contributed by atoms with E-state index in [4.69, 9.17) is 0 Å². The molecular weight excluding hydrogens is 348 g/mol. The molecule has 2 aliphatic heterocycles. The summed E-state index contributed by atoms with van der Waals surface area (Å²) < 4.78 is 0. The van der Waals surface area contributed by atoms with Gasteiger partial charge >= 0.3 is 5.97 Å². The van der Waals surface area contributed by atoms with Crippen LogP contribution >= 0.6 is 11.3 Å². The largest absolute Gasteiger partial charge is 0.480 e. The van der Waals surface area contributed by atoms with Crippen LogP contribution < -0.4 is 0 Å². The number of carboxylic acid groups (broad SMARTS) is 1. The second-order valence-corrected chi connectivity index (χ2v) is 8.93. The molecule has 2 fully saturated rings. The number of amides is 1. The summed E-state index contributed by atoms with van der Waals surface area (Å²) in [6, 6.07) is 2.08. The lowest BCUT2D eigenvalue weighted by atomic mass is 9.85. The van der Waals surface area contributed by atoms with Crippen molar-refractivity contribution in [2.75, 3.05) is 13.1 Å². The number of aliphatic carboxylic acids is 1. The zero-order chi connectivity index (χ0) is 18.3. The highest BCUT2D eigenvalue weighted by molar-refractivity contribution is 7.10.